The third kappa shape index (κ3) is 3.08. The molecular formula is C14H12N4O6S2. The Morgan fingerprint density at radius 1 is 1.38 bits per heavy atom. The highest BCUT2D eigenvalue weighted by Gasteiger charge is 2.54. The van der Waals surface area contributed by atoms with Crippen molar-refractivity contribution in [2.24, 2.45) is 0 Å². The van der Waals surface area contributed by atoms with Crippen molar-refractivity contribution >= 4 is 58.2 Å². The third-order valence-electron chi connectivity index (χ3n) is 3.68. The third-order valence-corrected chi connectivity index (χ3v) is 5.78. The van der Waals surface area contributed by atoms with Gasteiger partial charge in [-0.15, -0.1) is 23.1 Å². The predicted octanol–water partition coefficient (Wildman–Crippen LogP) is -0.349. The zero-order valence-corrected chi connectivity index (χ0v) is 14.8. The highest BCUT2D eigenvalue weighted by molar-refractivity contribution is 8.00. The Hall–Kier alpha value is -2.73. The van der Waals surface area contributed by atoms with E-state index in [1.54, 1.807) is 6.92 Å². The van der Waals surface area contributed by atoms with Gasteiger partial charge in [0.2, 0.25) is 6.41 Å². The van der Waals surface area contributed by atoms with Gasteiger partial charge < -0.3 is 15.7 Å². The smallest absolute Gasteiger partial charge is 0.352 e. The van der Waals surface area contributed by atoms with E-state index < -0.39 is 35.0 Å². The van der Waals surface area contributed by atoms with Gasteiger partial charge in [-0.2, -0.15) is 0 Å². The highest BCUT2D eigenvalue weighted by atomic mass is 32.2. The number of rotatable bonds is 6. The van der Waals surface area contributed by atoms with Gasteiger partial charge in [-0.3, -0.25) is 24.1 Å². The molecule has 2 unspecified atom stereocenters. The van der Waals surface area contributed by atoms with E-state index in [2.05, 4.69) is 15.6 Å². The van der Waals surface area contributed by atoms with Gasteiger partial charge in [0.15, 0.2) is 5.13 Å². The second-order valence-corrected chi connectivity index (χ2v) is 7.73. The molecule has 1 saturated heterocycles. The fourth-order valence-electron chi connectivity index (χ4n) is 2.55. The molecule has 3 N–H and O–H groups in total. The Morgan fingerprint density at radius 3 is 2.77 bits per heavy atom. The number of nitrogens with one attached hydrogen (secondary N) is 2. The molecule has 1 aromatic rings. The van der Waals surface area contributed by atoms with Crippen molar-refractivity contribution in [1.82, 2.24) is 15.2 Å². The molecule has 0 radical (unpaired) electrons. The summed E-state index contributed by atoms with van der Waals surface area (Å²) in [6.45, 7) is 1.77. The molecule has 1 aromatic heterocycles. The molecule has 0 saturated carbocycles. The Morgan fingerprint density at radius 2 is 2.12 bits per heavy atom. The first-order valence-electron chi connectivity index (χ1n) is 7.28. The summed E-state index contributed by atoms with van der Waals surface area (Å²) in [5, 5.41) is 14.5. The van der Waals surface area contributed by atoms with Crippen LogP contribution in [0, 0.1) is 0 Å². The summed E-state index contributed by atoms with van der Waals surface area (Å²) >= 11 is 2.28. The minimum atomic E-state index is -1.23. The minimum absolute atomic E-state index is 0.132. The van der Waals surface area contributed by atoms with Crippen LogP contribution in [-0.4, -0.2) is 61.6 Å². The number of amides is 3. The molecule has 3 heterocycles. The number of aliphatic carboxylic acids is 1. The molecule has 0 aliphatic carbocycles. The number of ketones is 1. The summed E-state index contributed by atoms with van der Waals surface area (Å²) in [7, 11) is 0. The van der Waals surface area contributed by atoms with Gasteiger partial charge in [-0.25, -0.2) is 9.78 Å². The molecule has 136 valence electrons. The van der Waals surface area contributed by atoms with Crippen molar-refractivity contribution in [3.8, 4) is 0 Å². The molecule has 3 atom stereocenters. The van der Waals surface area contributed by atoms with Crippen LogP contribution in [0.5, 0.6) is 0 Å². The number of Topliss-reactive ketones (excluding diaryl/α,β-unsaturated/α-hetero) is 1. The number of carbonyl (C=O) groups excluding carboxylic acids is 4. The normalized spacial score (nSPS) is 24.0. The number of hydrogen-bond donors (Lipinski definition) is 3. The van der Waals surface area contributed by atoms with Gasteiger partial charge in [0.25, 0.3) is 17.6 Å². The number of thiazole rings is 1. The number of nitrogens with zero attached hydrogens (tertiary/aromatic N) is 2. The van der Waals surface area contributed by atoms with Crippen LogP contribution in [0.3, 0.4) is 0 Å². The number of carboxylic acid groups (broad SMARTS) is 1. The van der Waals surface area contributed by atoms with Gasteiger partial charge in [0.1, 0.15) is 22.8 Å². The Bertz CT molecular complexity index is 850. The van der Waals surface area contributed by atoms with E-state index in [9.17, 15) is 29.1 Å². The topological polar surface area (TPSA) is 146 Å². The van der Waals surface area contributed by atoms with Gasteiger partial charge in [0, 0.05) is 10.6 Å². The van der Waals surface area contributed by atoms with Crippen molar-refractivity contribution in [3.63, 3.8) is 0 Å². The van der Waals surface area contributed by atoms with E-state index in [1.807, 2.05) is 0 Å². The summed E-state index contributed by atoms with van der Waals surface area (Å²) < 4.78 is 0. The van der Waals surface area contributed by atoms with Gasteiger partial charge in [0.05, 0.1) is 0 Å². The zero-order chi connectivity index (χ0) is 19.0. The monoisotopic (exact) mass is 396 g/mol. The van der Waals surface area contributed by atoms with E-state index in [0.717, 1.165) is 16.2 Å². The molecule has 10 nitrogen and oxygen atoms in total. The lowest BCUT2D eigenvalue weighted by atomic mass is 10.0. The number of carboxylic acids is 1. The number of thioether (sulfide) groups is 1. The summed E-state index contributed by atoms with van der Waals surface area (Å²) in [5.74, 6) is -3.79. The first kappa shape index (κ1) is 18.1. The molecule has 3 amide bonds. The van der Waals surface area contributed by atoms with Crippen molar-refractivity contribution in [1.29, 1.82) is 0 Å². The predicted molar refractivity (Wildman–Crippen MR) is 91.5 cm³/mol. The van der Waals surface area contributed by atoms with Crippen molar-refractivity contribution in [2.45, 2.75) is 23.6 Å². The number of hydrogen-bond acceptors (Lipinski definition) is 8. The van der Waals surface area contributed by atoms with Crippen LogP contribution in [-0.2, 0) is 19.2 Å². The highest BCUT2D eigenvalue weighted by Crippen LogP contribution is 2.40. The Labute approximate surface area is 154 Å². The first-order valence-corrected chi connectivity index (χ1v) is 9.10. The second-order valence-electron chi connectivity index (χ2n) is 5.38. The van der Waals surface area contributed by atoms with Crippen LogP contribution in [0.4, 0.5) is 5.13 Å². The molecule has 0 bridgehead atoms. The van der Waals surface area contributed by atoms with Crippen molar-refractivity contribution < 1.29 is 29.1 Å². The summed E-state index contributed by atoms with van der Waals surface area (Å²) in [6.07, 6.45) is 1.85. The molecule has 2 aliphatic heterocycles. The van der Waals surface area contributed by atoms with Gasteiger partial charge in [-0.1, -0.05) is 0 Å². The second kappa shape index (κ2) is 6.88. The average molecular weight is 396 g/mol. The largest absolute Gasteiger partial charge is 0.477 e. The maximum absolute atomic E-state index is 12.2. The van der Waals surface area contributed by atoms with Crippen molar-refractivity contribution in [3.05, 3.63) is 22.8 Å². The van der Waals surface area contributed by atoms with Crippen LogP contribution >= 0.6 is 23.1 Å². The number of aromatic nitrogens is 1. The molecule has 26 heavy (non-hydrogen) atoms. The van der Waals surface area contributed by atoms with Gasteiger partial charge in [-0.05, 0) is 13.0 Å². The van der Waals surface area contributed by atoms with Crippen molar-refractivity contribution in [2.75, 3.05) is 5.32 Å². The van der Waals surface area contributed by atoms with Crippen LogP contribution in [0.25, 0.3) is 0 Å². The molecule has 1 fully saturated rings. The van der Waals surface area contributed by atoms with Crippen LogP contribution in [0.1, 0.15) is 17.4 Å². The lowest BCUT2D eigenvalue weighted by Crippen LogP contribution is -2.71. The maximum atomic E-state index is 12.2. The number of fused-ring (bicyclic) bond motifs is 1. The van der Waals surface area contributed by atoms with E-state index in [4.69, 9.17) is 0 Å². The summed E-state index contributed by atoms with van der Waals surface area (Å²) in [5.41, 5.74) is -0.288. The lowest BCUT2D eigenvalue weighted by Gasteiger charge is -2.49. The molecular weight excluding hydrogens is 384 g/mol. The maximum Gasteiger partial charge on any atom is 0.352 e. The van der Waals surface area contributed by atoms with Crippen LogP contribution in [0.2, 0.25) is 0 Å². The average Bonchev–Trinajstić information content (AvgIpc) is 3.06. The number of β-lactam (4-membered cyclic amide) rings is 1. The summed E-state index contributed by atoms with van der Waals surface area (Å²) in [4.78, 5) is 63.0. The minimum Gasteiger partial charge on any atom is -0.477 e. The Balaban J connectivity index is 1.69. The molecule has 0 spiro atoms. The quantitative estimate of drug-likeness (QED) is 0.256. The summed E-state index contributed by atoms with van der Waals surface area (Å²) in [6, 6.07) is -0.992. The van der Waals surface area contributed by atoms with E-state index >= 15 is 0 Å². The van der Waals surface area contributed by atoms with Crippen LogP contribution < -0.4 is 10.6 Å². The standard InChI is InChI=1S/C14H12N4O6S2/c1-5-2-7(13(23)24)18-11(22)8(12(18)26-5)17-10(21)9(20)6-3-25-14(16-6)15-4-19/h2-5,8,12H,1H3,(H,17,21)(H,23,24)(H,15,16,19)/t5?,8?,12-/m1/s1. The SMILES string of the molecule is CC1C=C(C(=O)O)N2C(=O)C(NC(=O)C(=O)c3csc(NC=O)n3)[C@H]2S1. The Kier molecular flexibility index (Phi) is 4.78. The van der Waals surface area contributed by atoms with E-state index in [0.29, 0.717) is 6.41 Å². The first-order chi connectivity index (χ1) is 12.3. The molecule has 3 rings (SSSR count). The molecule has 2 aliphatic rings. The number of carbonyl (C=O) groups is 5. The number of anilines is 1. The fraction of sp³-hybridized carbons (Fsp3) is 0.286. The van der Waals surface area contributed by atoms with Gasteiger partial charge >= 0.3 is 5.97 Å². The fourth-order valence-corrected chi connectivity index (χ4v) is 4.52. The van der Waals surface area contributed by atoms with E-state index in [-0.39, 0.29) is 21.8 Å². The zero-order valence-electron chi connectivity index (χ0n) is 13.2. The van der Waals surface area contributed by atoms with E-state index in [1.165, 1.54) is 23.2 Å². The molecule has 12 heteroatoms. The lowest BCUT2D eigenvalue weighted by molar-refractivity contribution is -0.150. The molecule has 0 aromatic carbocycles. The van der Waals surface area contributed by atoms with Crippen LogP contribution in [0.15, 0.2) is 17.2 Å².